The van der Waals surface area contributed by atoms with Crippen LogP contribution in [0.15, 0.2) is 35.9 Å². The summed E-state index contributed by atoms with van der Waals surface area (Å²) in [6.45, 7) is 11.8. The lowest BCUT2D eigenvalue weighted by Gasteiger charge is -2.57. The predicted octanol–water partition coefficient (Wildman–Crippen LogP) is 5.31. The van der Waals surface area contributed by atoms with Gasteiger partial charge in [-0.05, 0) is 80.6 Å². The second-order valence-electron chi connectivity index (χ2n) is 9.94. The van der Waals surface area contributed by atoms with Crippen molar-refractivity contribution in [2.24, 2.45) is 17.3 Å². The monoisotopic (exact) mass is 395 g/mol. The Labute approximate surface area is 176 Å². The first-order valence-electron chi connectivity index (χ1n) is 11.5. The summed E-state index contributed by atoms with van der Waals surface area (Å²) in [5.41, 5.74) is 3.94. The van der Waals surface area contributed by atoms with Crippen LogP contribution in [0.4, 0.5) is 10.5 Å². The van der Waals surface area contributed by atoms with Crippen LogP contribution >= 0.6 is 0 Å². The van der Waals surface area contributed by atoms with E-state index in [1.807, 2.05) is 18.2 Å². The summed E-state index contributed by atoms with van der Waals surface area (Å²) < 4.78 is 0. The molecule has 4 nitrogen and oxygen atoms in total. The van der Waals surface area contributed by atoms with E-state index in [2.05, 4.69) is 48.0 Å². The van der Waals surface area contributed by atoms with E-state index in [0.29, 0.717) is 11.3 Å². The molecule has 29 heavy (non-hydrogen) atoms. The van der Waals surface area contributed by atoms with E-state index in [-0.39, 0.29) is 6.03 Å². The summed E-state index contributed by atoms with van der Waals surface area (Å²) in [5.74, 6) is 1.48. The molecule has 1 aromatic rings. The molecule has 1 aromatic carbocycles. The van der Waals surface area contributed by atoms with Crippen molar-refractivity contribution in [1.29, 1.82) is 0 Å². The fraction of sp³-hybridized carbons (Fsp3) is 0.640. The summed E-state index contributed by atoms with van der Waals surface area (Å²) in [5, 5.41) is 3.15. The molecule has 0 aromatic heterocycles. The quantitative estimate of drug-likeness (QED) is 0.663. The van der Waals surface area contributed by atoms with Gasteiger partial charge in [0.25, 0.3) is 0 Å². The smallest absolute Gasteiger partial charge is 0.319 e. The van der Waals surface area contributed by atoms with Crippen LogP contribution in [-0.2, 0) is 0 Å². The number of allylic oxidation sites excluding steroid dienone is 1. The number of carbonyl (C=O) groups excluding carboxylic acids is 1. The highest BCUT2D eigenvalue weighted by molar-refractivity contribution is 5.89. The van der Waals surface area contributed by atoms with Gasteiger partial charge in [-0.1, -0.05) is 44.1 Å². The van der Waals surface area contributed by atoms with Gasteiger partial charge in [0.05, 0.1) is 0 Å². The van der Waals surface area contributed by atoms with Crippen molar-refractivity contribution in [3.8, 4) is 0 Å². The number of nitrogens with one attached hydrogen (secondary N) is 1. The standard InChI is InChI=1S/C25H37N3O/c1-19-8-7-9-22(16-19)26-24(29)28(15-14-27-12-5-4-6-13-27)18-20-10-11-21-17-23(20)25(21,2)3/h7-10,16,21,23H,4-6,11-15,17-18H2,1-3H3,(H,26,29). The van der Waals surface area contributed by atoms with Crippen molar-refractivity contribution in [3.63, 3.8) is 0 Å². The molecule has 3 aliphatic carbocycles. The molecule has 2 unspecified atom stereocenters. The molecule has 2 bridgehead atoms. The number of aryl methyl sites for hydroxylation is 1. The van der Waals surface area contributed by atoms with E-state index < -0.39 is 0 Å². The number of likely N-dealkylation sites (tertiary alicyclic amines) is 1. The molecular weight excluding hydrogens is 358 g/mol. The highest BCUT2D eigenvalue weighted by atomic mass is 16.2. The lowest BCUT2D eigenvalue weighted by Crippen LogP contribution is -2.51. The summed E-state index contributed by atoms with van der Waals surface area (Å²) in [4.78, 5) is 17.8. The van der Waals surface area contributed by atoms with E-state index >= 15 is 0 Å². The summed E-state index contributed by atoms with van der Waals surface area (Å²) >= 11 is 0. The Bertz CT molecular complexity index is 763. The zero-order valence-electron chi connectivity index (χ0n) is 18.4. The molecular formula is C25H37N3O. The molecule has 4 heteroatoms. The van der Waals surface area contributed by atoms with Crippen LogP contribution in [-0.4, -0.2) is 48.6 Å². The van der Waals surface area contributed by atoms with Gasteiger partial charge in [0.15, 0.2) is 0 Å². The van der Waals surface area contributed by atoms with Crippen LogP contribution in [0.1, 0.15) is 51.5 Å². The number of fused-ring (bicyclic) bond motifs is 1. The molecule has 1 aliphatic heterocycles. The van der Waals surface area contributed by atoms with Gasteiger partial charge in [-0.25, -0.2) is 4.79 Å². The van der Waals surface area contributed by atoms with E-state index in [1.165, 1.54) is 56.3 Å². The van der Waals surface area contributed by atoms with E-state index in [0.717, 1.165) is 31.2 Å². The van der Waals surface area contributed by atoms with Crippen molar-refractivity contribution in [2.75, 3.05) is 38.0 Å². The molecule has 1 N–H and O–H groups in total. The Morgan fingerprint density at radius 1 is 1.24 bits per heavy atom. The molecule has 2 amide bonds. The van der Waals surface area contributed by atoms with Crippen molar-refractivity contribution in [3.05, 3.63) is 41.5 Å². The zero-order valence-corrected chi connectivity index (χ0v) is 18.4. The van der Waals surface area contributed by atoms with Crippen LogP contribution in [0, 0.1) is 24.2 Å². The van der Waals surface area contributed by atoms with Crippen LogP contribution in [0.2, 0.25) is 0 Å². The zero-order chi connectivity index (χ0) is 20.4. The number of hydrogen-bond donors (Lipinski definition) is 1. The van der Waals surface area contributed by atoms with Gasteiger partial charge < -0.3 is 15.1 Å². The Hall–Kier alpha value is -1.81. The number of hydrogen-bond acceptors (Lipinski definition) is 2. The number of nitrogens with zero attached hydrogens (tertiary/aromatic N) is 2. The van der Waals surface area contributed by atoms with Crippen LogP contribution in [0.3, 0.4) is 0 Å². The molecule has 2 atom stereocenters. The van der Waals surface area contributed by atoms with Crippen LogP contribution < -0.4 is 5.32 Å². The highest BCUT2D eigenvalue weighted by Gasteiger charge is 2.51. The van der Waals surface area contributed by atoms with Gasteiger partial charge in [0, 0.05) is 25.3 Å². The topological polar surface area (TPSA) is 35.6 Å². The Morgan fingerprint density at radius 3 is 2.72 bits per heavy atom. The molecule has 2 fully saturated rings. The SMILES string of the molecule is Cc1cccc(NC(=O)N(CCN2CCCCC2)CC2=CCC3CC2C3(C)C)c1. The van der Waals surface area contributed by atoms with Crippen molar-refractivity contribution in [2.45, 2.75) is 52.9 Å². The number of benzene rings is 1. The maximum absolute atomic E-state index is 13.2. The number of urea groups is 1. The molecule has 1 heterocycles. The van der Waals surface area contributed by atoms with Crippen molar-refractivity contribution in [1.82, 2.24) is 9.80 Å². The maximum atomic E-state index is 13.2. The van der Waals surface area contributed by atoms with Crippen LogP contribution in [0.5, 0.6) is 0 Å². The van der Waals surface area contributed by atoms with Crippen molar-refractivity contribution < 1.29 is 4.79 Å². The largest absolute Gasteiger partial charge is 0.322 e. The van der Waals surface area contributed by atoms with E-state index in [9.17, 15) is 4.79 Å². The molecule has 1 saturated heterocycles. The van der Waals surface area contributed by atoms with Gasteiger partial charge in [0.2, 0.25) is 0 Å². The number of anilines is 1. The van der Waals surface area contributed by atoms with Gasteiger partial charge in [0.1, 0.15) is 0 Å². The molecule has 4 aliphatic rings. The molecule has 1 saturated carbocycles. The number of piperidine rings is 1. The maximum Gasteiger partial charge on any atom is 0.322 e. The Balaban J connectivity index is 1.44. The predicted molar refractivity (Wildman–Crippen MR) is 120 cm³/mol. The first-order valence-corrected chi connectivity index (χ1v) is 11.5. The number of rotatable bonds is 6. The molecule has 0 spiro atoms. The number of carbonyl (C=O) groups is 1. The van der Waals surface area contributed by atoms with E-state index in [1.54, 1.807) is 0 Å². The third-order valence-electron chi connectivity index (χ3n) is 7.65. The molecule has 158 valence electrons. The molecule has 5 rings (SSSR count). The average molecular weight is 396 g/mol. The fourth-order valence-electron chi connectivity index (χ4n) is 5.50. The summed E-state index contributed by atoms with van der Waals surface area (Å²) in [6, 6.07) is 8.12. The first-order chi connectivity index (χ1) is 13.9. The lowest BCUT2D eigenvalue weighted by atomic mass is 9.49. The average Bonchev–Trinajstić information content (AvgIpc) is 2.71. The van der Waals surface area contributed by atoms with Crippen LogP contribution in [0.25, 0.3) is 0 Å². The minimum atomic E-state index is 0.0350. The third kappa shape index (κ3) is 4.53. The fourth-order valence-corrected chi connectivity index (χ4v) is 5.50. The Morgan fingerprint density at radius 2 is 2.03 bits per heavy atom. The van der Waals surface area contributed by atoms with Gasteiger partial charge >= 0.3 is 6.03 Å². The van der Waals surface area contributed by atoms with Crippen molar-refractivity contribution >= 4 is 11.7 Å². The normalized spacial score (nSPS) is 25.7. The summed E-state index contributed by atoms with van der Waals surface area (Å²) in [7, 11) is 0. The third-order valence-corrected chi connectivity index (χ3v) is 7.65. The minimum Gasteiger partial charge on any atom is -0.319 e. The van der Waals surface area contributed by atoms with Gasteiger partial charge in [-0.2, -0.15) is 0 Å². The number of amides is 2. The highest BCUT2D eigenvalue weighted by Crippen LogP contribution is 2.59. The minimum absolute atomic E-state index is 0.0350. The first kappa shape index (κ1) is 20.5. The second-order valence-corrected chi connectivity index (χ2v) is 9.94. The lowest BCUT2D eigenvalue weighted by molar-refractivity contribution is -0.00966. The van der Waals surface area contributed by atoms with Gasteiger partial charge in [-0.15, -0.1) is 0 Å². The Kier molecular flexibility index (Phi) is 6.00. The molecule has 0 radical (unpaired) electrons. The van der Waals surface area contributed by atoms with Gasteiger partial charge in [-0.3, -0.25) is 0 Å². The van der Waals surface area contributed by atoms with E-state index in [4.69, 9.17) is 0 Å². The summed E-state index contributed by atoms with van der Waals surface area (Å²) in [6.07, 6.45) is 8.84. The second kappa shape index (κ2) is 8.51.